The predicted molar refractivity (Wildman–Crippen MR) is 95.7 cm³/mol. The fraction of sp³-hybridized carbons (Fsp3) is 0.706. The van der Waals surface area contributed by atoms with Crippen LogP contribution in [0, 0.1) is 0 Å². The van der Waals surface area contributed by atoms with Crippen LogP contribution in [0.4, 0.5) is 5.82 Å². The summed E-state index contributed by atoms with van der Waals surface area (Å²) in [6, 6.07) is 1.55. The number of rotatable bonds is 10. The maximum absolute atomic E-state index is 12.1. The van der Waals surface area contributed by atoms with Gasteiger partial charge in [-0.25, -0.2) is 4.79 Å². The number of aromatic nitrogens is 2. The van der Waals surface area contributed by atoms with E-state index >= 15 is 0 Å². The van der Waals surface area contributed by atoms with E-state index in [1.165, 1.54) is 10.8 Å². The molecule has 26 heavy (non-hydrogen) atoms. The summed E-state index contributed by atoms with van der Waals surface area (Å²) in [5.41, 5.74) is -0.543. The van der Waals surface area contributed by atoms with Gasteiger partial charge in [0.05, 0.1) is 13.2 Å². The summed E-state index contributed by atoms with van der Waals surface area (Å²) in [7, 11) is 4.09. The fourth-order valence-electron chi connectivity index (χ4n) is 2.66. The maximum atomic E-state index is 12.1. The van der Waals surface area contributed by atoms with Crippen LogP contribution in [0.1, 0.15) is 38.3 Å². The average molecular weight is 368 g/mol. The van der Waals surface area contributed by atoms with Crippen LogP contribution >= 0.6 is 0 Å². The van der Waals surface area contributed by atoms with Crippen molar-refractivity contribution < 1.29 is 19.4 Å². The highest BCUT2D eigenvalue weighted by molar-refractivity contribution is 5.89. The lowest BCUT2D eigenvalue weighted by molar-refractivity contribution is -0.116. The van der Waals surface area contributed by atoms with Gasteiger partial charge in [0, 0.05) is 12.6 Å². The van der Waals surface area contributed by atoms with Gasteiger partial charge in [-0.05, 0) is 39.5 Å². The number of unbranched alkanes of at least 4 members (excludes halogenated alkanes) is 3. The van der Waals surface area contributed by atoms with E-state index in [0.717, 1.165) is 32.2 Å². The molecule has 1 aliphatic heterocycles. The van der Waals surface area contributed by atoms with Gasteiger partial charge in [0.1, 0.15) is 5.82 Å². The normalized spacial score (nSPS) is 19.8. The third-order valence-electron chi connectivity index (χ3n) is 4.05. The van der Waals surface area contributed by atoms with Crippen LogP contribution in [-0.4, -0.2) is 65.6 Å². The first-order valence-electron chi connectivity index (χ1n) is 8.91. The molecule has 1 aromatic rings. The SMILES string of the molecule is CN(C)CCCCCCC(=O)Nc1ccn([C@@H]2CO[C@H](CO)O2)c(=O)n1. The van der Waals surface area contributed by atoms with Gasteiger partial charge in [-0.3, -0.25) is 9.36 Å². The summed E-state index contributed by atoms with van der Waals surface area (Å²) in [6.07, 6.45) is 4.58. The van der Waals surface area contributed by atoms with Crippen LogP contribution in [-0.2, 0) is 14.3 Å². The van der Waals surface area contributed by atoms with Crippen molar-refractivity contribution >= 4 is 11.7 Å². The number of aliphatic hydroxyl groups excluding tert-OH is 1. The highest BCUT2D eigenvalue weighted by atomic mass is 16.7. The number of carbonyl (C=O) groups is 1. The van der Waals surface area contributed by atoms with E-state index in [0.29, 0.717) is 6.42 Å². The van der Waals surface area contributed by atoms with E-state index in [1.807, 2.05) is 14.1 Å². The molecular formula is C17H28N4O5. The Morgan fingerprint density at radius 3 is 2.81 bits per heavy atom. The van der Waals surface area contributed by atoms with Crippen molar-refractivity contribution in [1.82, 2.24) is 14.5 Å². The Balaban J connectivity index is 1.75. The van der Waals surface area contributed by atoms with Crippen molar-refractivity contribution in [3.63, 3.8) is 0 Å². The first-order chi connectivity index (χ1) is 12.5. The molecule has 1 fully saturated rings. The molecule has 0 aliphatic carbocycles. The number of hydrogen-bond acceptors (Lipinski definition) is 7. The zero-order valence-corrected chi connectivity index (χ0v) is 15.4. The van der Waals surface area contributed by atoms with Gasteiger partial charge in [-0.1, -0.05) is 12.8 Å². The second kappa shape index (κ2) is 10.4. The van der Waals surface area contributed by atoms with Gasteiger partial charge in [0.15, 0.2) is 12.5 Å². The largest absolute Gasteiger partial charge is 0.391 e. The van der Waals surface area contributed by atoms with Crippen LogP contribution in [0.2, 0.25) is 0 Å². The molecule has 0 saturated carbocycles. The minimum Gasteiger partial charge on any atom is -0.391 e. The number of hydrogen-bond donors (Lipinski definition) is 2. The van der Waals surface area contributed by atoms with Crippen molar-refractivity contribution in [2.75, 3.05) is 39.2 Å². The Hall–Kier alpha value is -1.81. The number of ether oxygens (including phenoxy) is 2. The topological polar surface area (TPSA) is 106 Å². The molecule has 2 rings (SSSR count). The Labute approximate surface area is 152 Å². The molecule has 0 radical (unpaired) electrons. The maximum Gasteiger partial charge on any atom is 0.351 e. The summed E-state index contributed by atoms with van der Waals surface area (Å²) >= 11 is 0. The zero-order valence-electron chi connectivity index (χ0n) is 15.4. The van der Waals surface area contributed by atoms with E-state index in [1.54, 1.807) is 6.07 Å². The summed E-state index contributed by atoms with van der Waals surface area (Å²) in [6.45, 7) is 0.940. The quantitative estimate of drug-likeness (QED) is 0.581. The molecule has 1 amide bonds. The first kappa shape index (κ1) is 20.5. The zero-order chi connectivity index (χ0) is 18.9. The number of amides is 1. The monoisotopic (exact) mass is 368 g/mol. The third kappa shape index (κ3) is 6.49. The van der Waals surface area contributed by atoms with Crippen molar-refractivity contribution in [1.29, 1.82) is 0 Å². The van der Waals surface area contributed by atoms with Gasteiger partial charge in [0.25, 0.3) is 0 Å². The molecule has 2 N–H and O–H groups in total. The summed E-state index contributed by atoms with van der Waals surface area (Å²) in [5.74, 6) is 0.0736. The number of aliphatic hydroxyl groups is 1. The molecule has 1 saturated heterocycles. The predicted octanol–water partition coefficient (Wildman–Crippen LogP) is 0.558. The van der Waals surface area contributed by atoms with Gasteiger partial charge in [0.2, 0.25) is 5.91 Å². The van der Waals surface area contributed by atoms with Crippen molar-refractivity contribution in [2.24, 2.45) is 0 Å². The minimum atomic E-state index is -0.732. The molecule has 0 unspecified atom stereocenters. The minimum absolute atomic E-state index is 0.150. The highest BCUT2D eigenvalue weighted by Crippen LogP contribution is 2.19. The van der Waals surface area contributed by atoms with E-state index in [-0.39, 0.29) is 24.9 Å². The van der Waals surface area contributed by atoms with Gasteiger partial charge in [-0.2, -0.15) is 4.98 Å². The molecule has 9 heteroatoms. The van der Waals surface area contributed by atoms with Crippen molar-refractivity contribution in [2.45, 2.75) is 44.6 Å². The number of anilines is 1. The average Bonchev–Trinajstić information content (AvgIpc) is 3.06. The molecule has 0 bridgehead atoms. The molecular weight excluding hydrogens is 340 g/mol. The summed E-state index contributed by atoms with van der Waals surface area (Å²) in [4.78, 5) is 30.0. The summed E-state index contributed by atoms with van der Waals surface area (Å²) in [5, 5.41) is 11.6. The molecule has 1 aliphatic rings. The lowest BCUT2D eigenvalue weighted by Crippen LogP contribution is -2.29. The van der Waals surface area contributed by atoms with Crippen LogP contribution in [0.5, 0.6) is 0 Å². The van der Waals surface area contributed by atoms with E-state index in [4.69, 9.17) is 14.6 Å². The first-order valence-corrected chi connectivity index (χ1v) is 8.91. The van der Waals surface area contributed by atoms with Gasteiger partial charge >= 0.3 is 5.69 Å². The van der Waals surface area contributed by atoms with Crippen LogP contribution in [0.3, 0.4) is 0 Å². The van der Waals surface area contributed by atoms with E-state index < -0.39 is 18.2 Å². The summed E-state index contributed by atoms with van der Waals surface area (Å²) < 4.78 is 11.8. The van der Waals surface area contributed by atoms with Crippen molar-refractivity contribution in [3.8, 4) is 0 Å². The van der Waals surface area contributed by atoms with Crippen LogP contribution < -0.4 is 11.0 Å². The molecule has 146 valence electrons. The Morgan fingerprint density at radius 2 is 2.15 bits per heavy atom. The Bertz CT molecular complexity index is 634. The molecule has 0 spiro atoms. The Morgan fingerprint density at radius 1 is 1.38 bits per heavy atom. The Kier molecular flexibility index (Phi) is 8.17. The smallest absolute Gasteiger partial charge is 0.351 e. The van der Waals surface area contributed by atoms with Crippen molar-refractivity contribution in [3.05, 3.63) is 22.7 Å². The lowest BCUT2D eigenvalue weighted by atomic mass is 10.1. The molecule has 0 aromatic carbocycles. The second-order valence-corrected chi connectivity index (χ2v) is 6.55. The molecule has 1 aromatic heterocycles. The highest BCUT2D eigenvalue weighted by Gasteiger charge is 2.27. The lowest BCUT2D eigenvalue weighted by Gasteiger charge is -2.13. The van der Waals surface area contributed by atoms with Gasteiger partial charge in [-0.15, -0.1) is 0 Å². The molecule has 2 heterocycles. The number of nitrogens with zero attached hydrogens (tertiary/aromatic N) is 3. The molecule has 9 nitrogen and oxygen atoms in total. The fourth-order valence-corrected chi connectivity index (χ4v) is 2.66. The van der Waals surface area contributed by atoms with E-state index in [2.05, 4.69) is 15.2 Å². The third-order valence-corrected chi connectivity index (χ3v) is 4.05. The second-order valence-electron chi connectivity index (χ2n) is 6.55. The van der Waals surface area contributed by atoms with Crippen LogP contribution in [0.15, 0.2) is 17.1 Å². The van der Waals surface area contributed by atoms with E-state index in [9.17, 15) is 9.59 Å². The van der Waals surface area contributed by atoms with Crippen LogP contribution in [0.25, 0.3) is 0 Å². The number of nitrogens with one attached hydrogen (secondary N) is 1. The standard InChI is InChI=1S/C17H28N4O5/c1-20(2)9-6-4-3-5-7-14(23)18-13-8-10-21(17(24)19-13)15-12-25-16(11-22)26-15/h8,10,15-16,22H,3-7,9,11-12H2,1-2H3,(H,18,19,23,24)/t15-,16-/m0/s1. The van der Waals surface area contributed by atoms with Gasteiger partial charge < -0.3 is 24.8 Å². The molecule has 2 atom stereocenters. The number of carbonyl (C=O) groups excluding carboxylic acids is 1.